The second-order valence-corrected chi connectivity index (χ2v) is 8.88. The number of aryl methyl sites for hydroxylation is 1. The summed E-state index contributed by atoms with van der Waals surface area (Å²) in [6, 6.07) is 10.9. The Bertz CT molecular complexity index is 1320. The zero-order chi connectivity index (χ0) is 25.4. The van der Waals surface area contributed by atoms with Crippen molar-refractivity contribution in [2.45, 2.75) is 32.2 Å². The summed E-state index contributed by atoms with van der Waals surface area (Å²) in [6.45, 7) is 5.07. The molecule has 0 aliphatic carbocycles. The lowest BCUT2D eigenvalue weighted by molar-refractivity contribution is -0.141. The third kappa shape index (κ3) is 5.48. The van der Waals surface area contributed by atoms with E-state index in [1.54, 1.807) is 37.4 Å². The molecule has 0 saturated carbocycles. The van der Waals surface area contributed by atoms with Gasteiger partial charge in [0, 0.05) is 48.8 Å². The predicted octanol–water partition coefficient (Wildman–Crippen LogP) is 4.16. The number of carbonyl (C=O) groups excluding carboxylic acids is 1. The molecule has 3 aromatic rings. The largest absolute Gasteiger partial charge is 0.433 e. The maximum absolute atomic E-state index is 12.9. The van der Waals surface area contributed by atoms with Crippen molar-refractivity contribution in [2.75, 3.05) is 18.4 Å². The van der Waals surface area contributed by atoms with Crippen molar-refractivity contribution in [1.82, 2.24) is 14.9 Å². The predicted molar refractivity (Wildman–Crippen MR) is 122 cm³/mol. The van der Waals surface area contributed by atoms with Crippen LogP contribution in [-0.4, -0.2) is 44.6 Å². The molecule has 0 radical (unpaired) electrons. The number of anilines is 1. The van der Waals surface area contributed by atoms with E-state index in [4.69, 9.17) is 0 Å². The van der Waals surface area contributed by atoms with Crippen LogP contribution in [0.2, 0.25) is 0 Å². The lowest BCUT2D eigenvalue weighted by atomic mass is 9.95. The van der Waals surface area contributed by atoms with Crippen LogP contribution in [0.3, 0.4) is 0 Å². The number of halogens is 3. The molecule has 35 heavy (non-hydrogen) atoms. The first kappa shape index (κ1) is 24.3. The average Bonchev–Trinajstić information content (AvgIpc) is 2.79. The van der Waals surface area contributed by atoms with Crippen LogP contribution in [0.4, 0.5) is 18.9 Å². The molecule has 0 bridgehead atoms. The highest BCUT2D eigenvalue weighted by Crippen LogP contribution is 2.30. The number of amides is 1. The Hall–Kier alpha value is -3.81. The minimum atomic E-state index is -4.65. The molecule has 1 saturated heterocycles. The van der Waals surface area contributed by atoms with Crippen molar-refractivity contribution >= 4 is 11.6 Å². The molecule has 2 N–H and O–H groups in total. The van der Waals surface area contributed by atoms with E-state index in [1.807, 2.05) is 11.8 Å². The van der Waals surface area contributed by atoms with Gasteiger partial charge in [-0.05, 0) is 55.3 Å². The molecule has 1 aliphatic rings. The van der Waals surface area contributed by atoms with Gasteiger partial charge in [0.15, 0.2) is 0 Å². The molecule has 3 heterocycles. The summed E-state index contributed by atoms with van der Waals surface area (Å²) in [6.07, 6.45) is -2.07. The number of nitrogens with zero attached hydrogens (tertiary/aromatic N) is 4. The maximum atomic E-state index is 12.9. The molecule has 0 atom stereocenters. The molecule has 1 amide bonds. The van der Waals surface area contributed by atoms with E-state index in [2.05, 4.69) is 21.4 Å². The van der Waals surface area contributed by atoms with E-state index >= 15 is 0 Å². The molecule has 0 spiro atoms. The number of hydrogen-bond donors (Lipinski definition) is 2. The maximum Gasteiger partial charge on any atom is 0.433 e. The fourth-order valence-electron chi connectivity index (χ4n) is 4.04. The van der Waals surface area contributed by atoms with Crippen LogP contribution in [-0.2, 0) is 12.7 Å². The normalized spacial score (nSPS) is 15.2. The molecule has 1 aliphatic heterocycles. The highest BCUT2D eigenvalue weighted by molar-refractivity contribution is 6.04. The van der Waals surface area contributed by atoms with E-state index in [0.29, 0.717) is 48.2 Å². The number of aliphatic hydroxyl groups is 1. The van der Waals surface area contributed by atoms with Crippen LogP contribution in [0.5, 0.6) is 0 Å². The van der Waals surface area contributed by atoms with E-state index in [-0.39, 0.29) is 5.56 Å². The minimum Gasteiger partial charge on any atom is -0.388 e. The van der Waals surface area contributed by atoms with Gasteiger partial charge < -0.3 is 10.4 Å². The molecule has 4 rings (SSSR count). The Morgan fingerprint density at radius 2 is 1.97 bits per heavy atom. The van der Waals surface area contributed by atoms with Gasteiger partial charge in [0.2, 0.25) is 0 Å². The minimum absolute atomic E-state index is 0.169. The summed E-state index contributed by atoms with van der Waals surface area (Å²) >= 11 is 0. The average molecular weight is 481 g/mol. The lowest BCUT2D eigenvalue weighted by Crippen LogP contribution is -2.59. The molecule has 2 aromatic heterocycles. The van der Waals surface area contributed by atoms with Gasteiger partial charge in [-0.3, -0.25) is 19.7 Å². The zero-order valence-corrected chi connectivity index (χ0v) is 19.0. The van der Waals surface area contributed by atoms with Gasteiger partial charge in [0.25, 0.3) is 5.91 Å². The highest BCUT2D eigenvalue weighted by atomic mass is 19.4. The van der Waals surface area contributed by atoms with Gasteiger partial charge in [-0.2, -0.15) is 18.4 Å². The number of nitriles is 1. The topological polar surface area (TPSA) is 102 Å². The Morgan fingerprint density at radius 3 is 2.63 bits per heavy atom. The van der Waals surface area contributed by atoms with Gasteiger partial charge >= 0.3 is 6.18 Å². The molecule has 1 fully saturated rings. The Morgan fingerprint density at radius 1 is 1.23 bits per heavy atom. The number of β-amino-alcohol motifs (C(OH)–C–C–N with tert-alkyl or cyclic N) is 1. The second kappa shape index (κ2) is 9.09. The number of nitrogens with one attached hydrogen (secondary N) is 1. The molecule has 0 unspecified atom stereocenters. The number of benzene rings is 1. The first-order valence-electron chi connectivity index (χ1n) is 10.7. The first-order chi connectivity index (χ1) is 16.4. The SMILES string of the molecule is Cc1ccc(NC(=O)c2ccnc(C(F)(F)F)c2)cc1-c1cnc(CN2CC(C)(O)C2)c(C#N)c1. The summed E-state index contributed by atoms with van der Waals surface area (Å²) in [5, 5.41) is 22.2. The van der Waals surface area contributed by atoms with Crippen LogP contribution in [0.25, 0.3) is 11.1 Å². The fraction of sp³-hybridized carbons (Fsp3) is 0.280. The molecule has 10 heteroatoms. The van der Waals surface area contributed by atoms with Gasteiger partial charge in [-0.1, -0.05) is 6.07 Å². The summed E-state index contributed by atoms with van der Waals surface area (Å²) < 4.78 is 38.8. The van der Waals surface area contributed by atoms with Gasteiger partial charge in [0.05, 0.1) is 16.9 Å². The number of rotatable bonds is 5. The van der Waals surface area contributed by atoms with Crippen LogP contribution >= 0.6 is 0 Å². The van der Waals surface area contributed by atoms with Crippen molar-refractivity contribution < 1.29 is 23.1 Å². The third-order valence-electron chi connectivity index (χ3n) is 5.71. The fourth-order valence-corrected chi connectivity index (χ4v) is 4.04. The monoisotopic (exact) mass is 481 g/mol. The first-order valence-corrected chi connectivity index (χ1v) is 10.7. The van der Waals surface area contributed by atoms with E-state index in [0.717, 1.165) is 17.3 Å². The number of aromatic nitrogens is 2. The molecule has 180 valence electrons. The quantitative estimate of drug-likeness (QED) is 0.568. The van der Waals surface area contributed by atoms with Crippen LogP contribution in [0.1, 0.15) is 39.8 Å². The summed E-state index contributed by atoms with van der Waals surface area (Å²) in [5.41, 5.74) is 1.60. The van der Waals surface area contributed by atoms with E-state index < -0.39 is 23.4 Å². The van der Waals surface area contributed by atoms with E-state index in [9.17, 15) is 28.3 Å². The van der Waals surface area contributed by atoms with Crippen molar-refractivity contribution in [3.63, 3.8) is 0 Å². The number of carbonyl (C=O) groups is 1. The number of likely N-dealkylation sites (tertiary alicyclic amines) is 1. The third-order valence-corrected chi connectivity index (χ3v) is 5.71. The van der Waals surface area contributed by atoms with Crippen LogP contribution in [0.15, 0.2) is 48.8 Å². The van der Waals surface area contributed by atoms with Crippen molar-refractivity contribution in [1.29, 1.82) is 5.26 Å². The van der Waals surface area contributed by atoms with Gasteiger partial charge in [-0.25, -0.2) is 0 Å². The standard InChI is InChI=1S/C25H22F3N5O2/c1-15-3-4-19(32-23(34)16-5-6-30-22(8-16)25(26,27)28)9-20(15)18-7-17(10-29)21(31-11-18)12-33-13-24(2,35)14-33/h3-9,11,35H,12-14H2,1-2H3,(H,32,34). The van der Waals surface area contributed by atoms with Crippen molar-refractivity contribution in [2.24, 2.45) is 0 Å². The Labute approximate surface area is 199 Å². The summed E-state index contributed by atoms with van der Waals surface area (Å²) in [7, 11) is 0. The van der Waals surface area contributed by atoms with Gasteiger partial charge in [-0.15, -0.1) is 0 Å². The number of pyridine rings is 2. The van der Waals surface area contributed by atoms with Crippen molar-refractivity contribution in [3.8, 4) is 17.2 Å². The van der Waals surface area contributed by atoms with Crippen LogP contribution in [0, 0.1) is 18.3 Å². The van der Waals surface area contributed by atoms with E-state index in [1.165, 1.54) is 6.07 Å². The van der Waals surface area contributed by atoms with Crippen LogP contribution < -0.4 is 5.32 Å². The molecule has 7 nitrogen and oxygen atoms in total. The highest BCUT2D eigenvalue weighted by Gasteiger charge is 2.36. The molecular formula is C25H22F3N5O2. The summed E-state index contributed by atoms with van der Waals surface area (Å²) in [4.78, 5) is 22.3. The lowest BCUT2D eigenvalue weighted by Gasteiger charge is -2.44. The Kier molecular flexibility index (Phi) is 6.32. The van der Waals surface area contributed by atoms with Gasteiger partial charge in [0.1, 0.15) is 11.8 Å². The summed E-state index contributed by atoms with van der Waals surface area (Å²) in [5.74, 6) is -0.704. The number of alkyl halides is 3. The molecular weight excluding hydrogens is 459 g/mol. The Balaban J connectivity index is 1.56. The smallest absolute Gasteiger partial charge is 0.388 e. The second-order valence-electron chi connectivity index (χ2n) is 8.88. The number of hydrogen-bond acceptors (Lipinski definition) is 6. The zero-order valence-electron chi connectivity index (χ0n) is 19.0. The molecule has 1 aromatic carbocycles. The van der Waals surface area contributed by atoms with Crippen molar-refractivity contribution in [3.05, 3.63) is 76.9 Å².